The third-order valence-corrected chi connectivity index (χ3v) is 4.32. The number of aromatic nitrogens is 1. The van der Waals surface area contributed by atoms with Crippen LogP contribution in [-0.4, -0.2) is 16.5 Å². The second-order valence-electron chi connectivity index (χ2n) is 5.35. The number of hydrogen-bond donors (Lipinski definition) is 1. The van der Waals surface area contributed by atoms with Gasteiger partial charge in [0, 0.05) is 23.8 Å². The van der Waals surface area contributed by atoms with Crippen LogP contribution in [0.5, 0.6) is 0 Å². The molecule has 0 aliphatic heterocycles. The molecule has 2 atom stereocenters. The number of halogens is 1. The summed E-state index contributed by atoms with van der Waals surface area (Å²) in [5.74, 6) is 0.627. The zero-order valence-corrected chi connectivity index (χ0v) is 12.7. The first-order chi connectivity index (χ1) is 8.58. The van der Waals surface area contributed by atoms with Gasteiger partial charge in [-0.1, -0.05) is 26.2 Å². The number of carbonyl (C=O) groups excluding carboxylic acids is 1. The lowest BCUT2D eigenvalue weighted by atomic mass is 9.97. The van der Waals surface area contributed by atoms with Crippen LogP contribution in [0.3, 0.4) is 0 Å². The number of nitrogens with zero attached hydrogens (tertiary/aromatic N) is 1. The Bertz CT molecular complexity index is 427. The fourth-order valence-corrected chi connectivity index (χ4v) is 3.22. The van der Waals surface area contributed by atoms with E-state index in [0.717, 1.165) is 16.6 Å². The SMILES string of the molecule is CC1CCCCCC1NC(=O)c1cc(Br)cn1C. The monoisotopic (exact) mass is 312 g/mol. The molecule has 1 amide bonds. The maximum Gasteiger partial charge on any atom is 0.268 e. The Morgan fingerprint density at radius 1 is 1.39 bits per heavy atom. The average Bonchev–Trinajstić information content (AvgIpc) is 2.52. The van der Waals surface area contributed by atoms with Crippen LogP contribution in [0.4, 0.5) is 0 Å². The smallest absolute Gasteiger partial charge is 0.268 e. The van der Waals surface area contributed by atoms with Crippen LogP contribution < -0.4 is 5.32 Å². The molecule has 1 aromatic heterocycles. The Morgan fingerprint density at radius 3 is 2.78 bits per heavy atom. The third-order valence-electron chi connectivity index (χ3n) is 3.88. The average molecular weight is 313 g/mol. The van der Waals surface area contributed by atoms with Gasteiger partial charge in [-0.15, -0.1) is 0 Å². The van der Waals surface area contributed by atoms with Crippen molar-refractivity contribution in [3.8, 4) is 0 Å². The number of hydrogen-bond acceptors (Lipinski definition) is 1. The van der Waals surface area contributed by atoms with Gasteiger partial charge in [-0.25, -0.2) is 0 Å². The minimum atomic E-state index is 0.0435. The highest BCUT2D eigenvalue weighted by atomic mass is 79.9. The molecular formula is C14H21BrN2O. The van der Waals surface area contributed by atoms with E-state index in [2.05, 4.69) is 28.2 Å². The minimum Gasteiger partial charge on any atom is -0.348 e. The van der Waals surface area contributed by atoms with Gasteiger partial charge in [0.25, 0.3) is 5.91 Å². The van der Waals surface area contributed by atoms with Gasteiger partial charge in [0.15, 0.2) is 0 Å². The topological polar surface area (TPSA) is 34.0 Å². The zero-order chi connectivity index (χ0) is 13.1. The molecule has 0 saturated heterocycles. The number of carbonyl (C=O) groups is 1. The molecule has 1 aliphatic rings. The van der Waals surface area contributed by atoms with Crippen LogP contribution in [0.15, 0.2) is 16.7 Å². The van der Waals surface area contributed by atoms with Gasteiger partial charge in [-0.3, -0.25) is 4.79 Å². The van der Waals surface area contributed by atoms with E-state index in [-0.39, 0.29) is 5.91 Å². The first-order valence-electron chi connectivity index (χ1n) is 6.70. The van der Waals surface area contributed by atoms with Crippen molar-refractivity contribution in [3.63, 3.8) is 0 Å². The summed E-state index contributed by atoms with van der Waals surface area (Å²) in [6.45, 7) is 2.25. The molecule has 2 rings (SSSR count). The van der Waals surface area contributed by atoms with Gasteiger partial charge in [-0.05, 0) is 40.8 Å². The van der Waals surface area contributed by atoms with E-state index in [1.54, 1.807) is 0 Å². The van der Waals surface area contributed by atoms with Crippen LogP contribution >= 0.6 is 15.9 Å². The van der Waals surface area contributed by atoms with Crippen molar-refractivity contribution >= 4 is 21.8 Å². The predicted octanol–water partition coefficient (Wildman–Crippen LogP) is 3.49. The van der Waals surface area contributed by atoms with Crippen molar-refractivity contribution < 1.29 is 4.79 Å². The molecule has 0 aromatic carbocycles. The van der Waals surface area contributed by atoms with Crippen LogP contribution in [-0.2, 0) is 7.05 Å². The first kappa shape index (κ1) is 13.7. The van der Waals surface area contributed by atoms with E-state index in [1.807, 2.05) is 23.9 Å². The fourth-order valence-electron chi connectivity index (χ4n) is 2.70. The van der Waals surface area contributed by atoms with E-state index in [9.17, 15) is 4.79 Å². The first-order valence-corrected chi connectivity index (χ1v) is 7.50. The summed E-state index contributed by atoms with van der Waals surface area (Å²) in [4.78, 5) is 12.3. The standard InChI is InChI=1S/C14H21BrN2O/c1-10-6-4-3-5-7-12(10)16-14(18)13-8-11(15)9-17(13)2/h8-10,12H,3-7H2,1-2H3,(H,16,18). The number of nitrogens with one attached hydrogen (secondary N) is 1. The molecule has 1 aromatic rings. The van der Waals surface area contributed by atoms with E-state index < -0.39 is 0 Å². The molecule has 100 valence electrons. The lowest BCUT2D eigenvalue weighted by Crippen LogP contribution is -2.39. The van der Waals surface area contributed by atoms with Crippen molar-refractivity contribution in [3.05, 3.63) is 22.4 Å². The minimum absolute atomic E-state index is 0.0435. The Hall–Kier alpha value is -0.770. The molecule has 1 N–H and O–H groups in total. The fraction of sp³-hybridized carbons (Fsp3) is 0.643. The summed E-state index contributed by atoms with van der Waals surface area (Å²) in [5.41, 5.74) is 0.721. The van der Waals surface area contributed by atoms with Gasteiger partial charge >= 0.3 is 0 Å². The number of rotatable bonds is 2. The second-order valence-corrected chi connectivity index (χ2v) is 6.27. The molecule has 0 radical (unpaired) electrons. The molecule has 1 heterocycles. The quantitative estimate of drug-likeness (QED) is 0.833. The molecule has 4 heteroatoms. The van der Waals surface area contributed by atoms with Crippen molar-refractivity contribution in [1.29, 1.82) is 0 Å². The van der Waals surface area contributed by atoms with E-state index in [0.29, 0.717) is 12.0 Å². The highest BCUT2D eigenvalue weighted by Crippen LogP contribution is 2.23. The molecular weight excluding hydrogens is 292 g/mol. The lowest BCUT2D eigenvalue weighted by Gasteiger charge is -2.22. The highest BCUT2D eigenvalue weighted by molar-refractivity contribution is 9.10. The Morgan fingerprint density at radius 2 is 2.11 bits per heavy atom. The lowest BCUT2D eigenvalue weighted by molar-refractivity contribution is 0.0913. The van der Waals surface area contributed by atoms with Crippen LogP contribution in [0, 0.1) is 5.92 Å². The van der Waals surface area contributed by atoms with Gasteiger partial charge in [0.05, 0.1) is 0 Å². The molecule has 18 heavy (non-hydrogen) atoms. The normalized spacial score (nSPS) is 24.6. The van der Waals surface area contributed by atoms with Gasteiger partial charge in [0.2, 0.25) is 0 Å². The molecule has 1 fully saturated rings. The van der Waals surface area contributed by atoms with Crippen molar-refractivity contribution in [2.75, 3.05) is 0 Å². The summed E-state index contributed by atoms with van der Waals surface area (Å²) in [5, 5.41) is 3.20. The summed E-state index contributed by atoms with van der Waals surface area (Å²) < 4.78 is 2.81. The molecule has 3 nitrogen and oxygen atoms in total. The van der Waals surface area contributed by atoms with Crippen LogP contribution in [0.1, 0.15) is 49.5 Å². The zero-order valence-electron chi connectivity index (χ0n) is 11.1. The van der Waals surface area contributed by atoms with Crippen molar-refractivity contribution in [2.24, 2.45) is 13.0 Å². The predicted molar refractivity (Wildman–Crippen MR) is 76.6 cm³/mol. The maximum atomic E-state index is 12.3. The second kappa shape index (κ2) is 5.91. The number of aryl methyl sites for hydroxylation is 1. The molecule has 0 spiro atoms. The van der Waals surface area contributed by atoms with Gasteiger partial charge in [-0.2, -0.15) is 0 Å². The molecule has 1 saturated carbocycles. The summed E-state index contributed by atoms with van der Waals surface area (Å²) in [6, 6.07) is 2.20. The van der Waals surface area contributed by atoms with Gasteiger partial charge in [0.1, 0.15) is 5.69 Å². The van der Waals surface area contributed by atoms with Crippen molar-refractivity contribution in [2.45, 2.75) is 45.1 Å². The van der Waals surface area contributed by atoms with Crippen molar-refractivity contribution in [1.82, 2.24) is 9.88 Å². The Balaban J connectivity index is 2.04. The summed E-state index contributed by atoms with van der Waals surface area (Å²) in [6.07, 6.45) is 8.06. The maximum absolute atomic E-state index is 12.3. The Labute approximate surface area is 117 Å². The van der Waals surface area contributed by atoms with E-state index in [4.69, 9.17) is 0 Å². The third kappa shape index (κ3) is 3.16. The molecule has 1 aliphatic carbocycles. The number of amides is 1. The van der Waals surface area contributed by atoms with E-state index in [1.165, 1.54) is 25.7 Å². The molecule has 0 bridgehead atoms. The van der Waals surface area contributed by atoms with Crippen LogP contribution in [0.2, 0.25) is 0 Å². The highest BCUT2D eigenvalue weighted by Gasteiger charge is 2.23. The van der Waals surface area contributed by atoms with E-state index >= 15 is 0 Å². The molecule has 2 unspecified atom stereocenters. The Kier molecular flexibility index (Phi) is 4.49. The summed E-state index contributed by atoms with van der Waals surface area (Å²) >= 11 is 3.40. The summed E-state index contributed by atoms with van der Waals surface area (Å²) in [7, 11) is 1.90. The largest absolute Gasteiger partial charge is 0.348 e. The van der Waals surface area contributed by atoms with Gasteiger partial charge < -0.3 is 9.88 Å². The van der Waals surface area contributed by atoms with Crippen LogP contribution in [0.25, 0.3) is 0 Å².